The van der Waals surface area contributed by atoms with Crippen LogP contribution in [0.1, 0.15) is 125 Å². The van der Waals surface area contributed by atoms with Gasteiger partial charge in [0.2, 0.25) is 0 Å². The number of alkyl halides is 43. The number of rotatable bonds is 41. The van der Waals surface area contributed by atoms with Crippen molar-refractivity contribution >= 4 is 44.1 Å². The molecular weight excluding hydrogens is 1850 g/mol. The molecule has 0 bridgehead atoms. The predicted molar refractivity (Wildman–Crippen MR) is 336 cm³/mol. The maximum Gasteiger partial charge on any atom is 0.460 e. The molecule has 0 radical (unpaired) electrons. The normalized spacial score (nSPS) is 16.5. The number of methoxy groups -OCH3 is 3. The molecule has 0 aliphatic rings. The molecular formula is C66H79F43O13Si. The Bertz CT molecular complexity index is 3570. The van der Waals surface area contributed by atoms with Crippen LogP contribution in [0.25, 0.3) is 0 Å². The van der Waals surface area contributed by atoms with Crippen LogP contribution in [0.15, 0.2) is 30.3 Å². The summed E-state index contributed by atoms with van der Waals surface area (Å²) in [5.41, 5.74) is -1.04. The van der Waals surface area contributed by atoms with Crippen molar-refractivity contribution in [2.75, 3.05) is 48.3 Å². The Morgan fingerprint density at radius 3 is 0.902 bits per heavy atom. The van der Waals surface area contributed by atoms with E-state index in [2.05, 4.69) is 36.8 Å². The fourth-order valence-corrected chi connectivity index (χ4v) is 12.5. The summed E-state index contributed by atoms with van der Waals surface area (Å²) < 4.78 is 595. The Hall–Kier alpha value is -6.79. The summed E-state index contributed by atoms with van der Waals surface area (Å²) in [6.07, 6.45) is -25.3. The molecule has 7 atom stereocenters. The van der Waals surface area contributed by atoms with E-state index in [1.165, 1.54) is 27.9 Å². The van der Waals surface area contributed by atoms with Gasteiger partial charge in [-0.2, -0.15) is 189 Å². The topological polar surface area (TPSA) is 167 Å². The lowest BCUT2D eigenvalue weighted by Crippen LogP contribution is -2.73. The summed E-state index contributed by atoms with van der Waals surface area (Å²) in [6, 6.07) is 8.87. The van der Waals surface area contributed by atoms with Crippen molar-refractivity contribution in [1.29, 1.82) is 0 Å². The van der Waals surface area contributed by atoms with E-state index >= 15 is 0 Å². The summed E-state index contributed by atoms with van der Waals surface area (Å²) in [4.78, 5) is 70.4. The fourth-order valence-electron chi connectivity index (χ4n) is 10.1. The van der Waals surface area contributed by atoms with Crippen LogP contribution in [0.3, 0.4) is 0 Å². The van der Waals surface area contributed by atoms with Gasteiger partial charge in [-0.3, -0.25) is 28.8 Å². The van der Waals surface area contributed by atoms with E-state index in [-0.39, 0.29) is 37.1 Å². The first-order valence-corrected chi connectivity index (χ1v) is 37.2. The molecule has 1 rings (SSSR count). The van der Waals surface area contributed by atoms with E-state index in [1.54, 1.807) is 44.4 Å². The minimum atomic E-state index is -8.42. The number of halogens is 43. The molecule has 0 saturated carbocycles. The maximum atomic E-state index is 13.9. The van der Waals surface area contributed by atoms with Crippen LogP contribution in [0, 0.1) is 34.5 Å². The number of carbonyl (C=O) groups is 6. The second kappa shape index (κ2) is 41.1. The average molecular weight is 1930 g/mol. The predicted octanol–water partition coefficient (Wildman–Crippen LogP) is 23.0. The molecule has 1 aromatic rings. The lowest BCUT2D eigenvalue weighted by molar-refractivity contribution is -0.453. The molecule has 0 aliphatic heterocycles. The number of esters is 6. The van der Waals surface area contributed by atoms with Crippen LogP contribution in [-0.2, 0) is 61.6 Å². The van der Waals surface area contributed by atoms with Crippen molar-refractivity contribution in [3.05, 3.63) is 35.9 Å². The lowest BCUT2D eigenvalue weighted by Gasteiger charge is -2.41. The van der Waals surface area contributed by atoms with Crippen LogP contribution in [0.2, 0.25) is 19.1 Å². The number of hydrogen-bond acceptors (Lipinski definition) is 13. The van der Waals surface area contributed by atoms with E-state index in [0.29, 0.717) is 12.0 Å². The zero-order valence-corrected chi connectivity index (χ0v) is 66.8. The van der Waals surface area contributed by atoms with Gasteiger partial charge in [0.15, 0.2) is 21.5 Å². The summed E-state index contributed by atoms with van der Waals surface area (Å²) in [5, 5.41) is 0. The third-order valence-corrected chi connectivity index (χ3v) is 21.3. The molecule has 0 heterocycles. The molecule has 0 fully saturated rings. The third kappa shape index (κ3) is 25.0. The molecule has 7 unspecified atom stereocenters. The van der Waals surface area contributed by atoms with E-state index in [4.69, 9.17) is 9.16 Å². The SMILES string of the molecule is CCC(C)(CC(C)C(=O)OCCC(F)(F)C(F)(F)C(F)(F)C(F)(F)C(F)(F)C(F)(F)F)C(=O)OC.CCC(C)(C[Si](C)(C)OC)C(=O)OC.CCC(CC(C)C(=O)OCC(F)(F)C(F)(F)C(F)(F)C(F)(F)C(F)(F)C(F)(F)C(F)(F)F)C(=O)OC.CCC(CC(C)C(=O)OCC(F)(F)C(F)(F)C(F)(F)C(F)(F)C(F)(F)C(F)(F)C(F)(F)F)c1ccccc1. The molecule has 726 valence electrons. The molecule has 0 N–H and O–H groups in total. The van der Waals surface area contributed by atoms with Gasteiger partial charge < -0.3 is 32.8 Å². The number of hydrogen-bond donors (Lipinski definition) is 0. The smallest absolute Gasteiger partial charge is 0.460 e. The molecule has 0 saturated heterocycles. The Labute approximate surface area is 670 Å². The van der Waals surface area contributed by atoms with Gasteiger partial charge in [-0.05, 0) is 89.4 Å². The van der Waals surface area contributed by atoms with Crippen LogP contribution < -0.4 is 0 Å². The van der Waals surface area contributed by atoms with Crippen molar-refractivity contribution in [1.82, 2.24) is 0 Å². The van der Waals surface area contributed by atoms with E-state index < -0.39 is 225 Å². The maximum absolute atomic E-state index is 13.9. The number of benzene rings is 1. The molecule has 0 aliphatic carbocycles. The van der Waals surface area contributed by atoms with Gasteiger partial charge in [-0.1, -0.05) is 78.8 Å². The summed E-state index contributed by atoms with van der Waals surface area (Å²) in [7, 11) is 3.39. The van der Waals surface area contributed by atoms with Crippen LogP contribution in [-0.4, -0.2) is 212 Å². The highest BCUT2D eigenvalue weighted by Crippen LogP contribution is 2.66. The van der Waals surface area contributed by atoms with Crippen LogP contribution >= 0.6 is 0 Å². The van der Waals surface area contributed by atoms with Gasteiger partial charge in [0.05, 0.1) is 68.9 Å². The standard InChI is InChI=1S/C21H19F15O2.C18H21F13O4.C17H17F15O4.C10H22O3Si/c1-3-12(13-7-5-4-6-8-13)9-11(2)14(37)38-10-15(22,23)16(24,25)17(26,27)18(28,29)19(30,31)20(32,33)21(34,35)36;1-5-12(3,11(33)34-4)8-9(2)10(32)35-7-6-13(19,20)14(21,22)15(23,24)16(25,26)17(27,28)18(29,30)31;1-4-8(10(34)35-3)5-7(2)9(33)36-6-11(18,19)12(20,21)13(22,23)14(24,25)15(26,27)16(28,29)17(30,31)32;1-7-10(2,9(11)12-3)8-14(5,6)13-4/h4-8,11-12H,3,9-10H2,1-2H3;9H,5-8H2,1-4H3;7-8H,4-6H2,1-3H3;7-8H2,1-6H3. The minimum Gasteiger partial charge on any atom is -0.469 e. The Kier molecular flexibility index (Phi) is 40.2. The van der Waals surface area contributed by atoms with Crippen molar-refractivity contribution in [3.8, 4) is 0 Å². The summed E-state index contributed by atoms with van der Waals surface area (Å²) in [6.45, 7) is 8.87. The summed E-state index contributed by atoms with van der Waals surface area (Å²) in [5.74, 6) is -145. The van der Waals surface area contributed by atoms with Crippen LogP contribution in [0.5, 0.6) is 0 Å². The highest BCUT2D eigenvalue weighted by atomic mass is 28.4. The monoisotopic (exact) mass is 1920 g/mol. The van der Waals surface area contributed by atoms with Crippen molar-refractivity contribution in [3.63, 3.8) is 0 Å². The average Bonchev–Trinajstić information content (AvgIpc) is 0.710. The van der Waals surface area contributed by atoms with Crippen molar-refractivity contribution < 1.29 is 250 Å². The molecule has 0 spiro atoms. The highest BCUT2D eigenvalue weighted by Gasteiger charge is 2.96. The van der Waals surface area contributed by atoms with Crippen molar-refractivity contribution in [2.45, 2.75) is 258 Å². The third-order valence-electron chi connectivity index (χ3n) is 18.6. The molecule has 1 aromatic carbocycles. The van der Waals surface area contributed by atoms with E-state index in [9.17, 15) is 218 Å². The van der Waals surface area contributed by atoms with E-state index in [0.717, 1.165) is 47.5 Å². The van der Waals surface area contributed by atoms with Gasteiger partial charge >= 0.3 is 155 Å². The van der Waals surface area contributed by atoms with E-state index in [1.807, 2.05) is 13.8 Å². The van der Waals surface area contributed by atoms with Crippen molar-refractivity contribution in [2.24, 2.45) is 34.5 Å². The second-order valence-electron chi connectivity index (χ2n) is 28.3. The first kappa shape index (κ1) is 120. The first-order valence-electron chi connectivity index (χ1n) is 34.1. The molecule has 0 aromatic heterocycles. The van der Waals surface area contributed by atoms with Gasteiger partial charge in [0.1, 0.15) is 0 Å². The van der Waals surface area contributed by atoms with Gasteiger partial charge in [-0.15, -0.1) is 0 Å². The largest absolute Gasteiger partial charge is 0.469 e. The van der Waals surface area contributed by atoms with Gasteiger partial charge in [0, 0.05) is 7.11 Å². The molecule has 123 heavy (non-hydrogen) atoms. The Morgan fingerprint density at radius 1 is 0.341 bits per heavy atom. The summed E-state index contributed by atoms with van der Waals surface area (Å²) >= 11 is 0. The molecule has 0 amide bonds. The number of carbonyl (C=O) groups excluding carboxylic acids is 6. The first-order chi connectivity index (χ1) is 54.2. The van der Waals surface area contributed by atoms with Crippen LogP contribution in [0.4, 0.5) is 189 Å². The zero-order chi connectivity index (χ0) is 99.4. The fraction of sp³-hybridized carbons (Fsp3) is 0.818. The Morgan fingerprint density at radius 2 is 0.626 bits per heavy atom. The molecule has 57 heteroatoms. The highest BCUT2D eigenvalue weighted by molar-refractivity contribution is 6.71. The quantitative estimate of drug-likeness (QED) is 0.0263. The number of ether oxygens (including phenoxy) is 6. The van der Waals surface area contributed by atoms with Gasteiger partial charge in [0.25, 0.3) is 0 Å². The lowest BCUT2D eigenvalue weighted by atomic mass is 9.79. The zero-order valence-electron chi connectivity index (χ0n) is 65.8. The Balaban J connectivity index is -0.00000163. The minimum absolute atomic E-state index is 0.0173. The molecule has 13 nitrogen and oxygen atoms in total. The second-order valence-corrected chi connectivity index (χ2v) is 32.5. The van der Waals surface area contributed by atoms with Gasteiger partial charge in [-0.25, -0.2) is 0 Å².